The van der Waals surface area contributed by atoms with Crippen molar-refractivity contribution in [2.24, 2.45) is 0 Å². The highest BCUT2D eigenvalue weighted by Gasteiger charge is 2.09. The average molecular weight is 261 g/mol. The summed E-state index contributed by atoms with van der Waals surface area (Å²) < 4.78 is 4.01. The largest absolute Gasteiger partial charge is 0.303 e. The van der Waals surface area contributed by atoms with E-state index in [0.717, 1.165) is 31.7 Å². The summed E-state index contributed by atoms with van der Waals surface area (Å²) in [5.41, 5.74) is 2.31. The summed E-state index contributed by atoms with van der Waals surface area (Å²) >= 11 is 0. The van der Waals surface area contributed by atoms with Gasteiger partial charge in [-0.15, -0.1) is 0 Å². The minimum absolute atomic E-state index is 0.248. The molecule has 5 heteroatoms. The lowest BCUT2D eigenvalue weighted by molar-refractivity contribution is 0.504. The molecule has 2 heterocycles. The molecule has 1 unspecified atom stereocenters. The second kappa shape index (κ2) is 6.52. The van der Waals surface area contributed by atoms with E-state index in [4.69, 9.17) is 0 Å². The van der Waals surface area contributed by atoms with Crippen LogP contribution in [0.4, 0.5) is 0 Å². The minimum atomic E-state index is 0.248. The van der Waals surface area contributed by atoms with Gasteiger partial charge in [-0.05, 0) is 32.4 Å². The molecule has 1 N–H and O–H groups in total. The van der Waals surface area contributed by atoms with Gasteiger partial charge in [0.25, 0.3) is 0 Å². The molecule has 0 bridgehead atoms. The number of aryl methyl sites for hydroxylation is 2. The first-order chi connectivity index (χ1) is 9.24. The van der Waals surface area contributed by atoms with E-state index in [-0.39, 0.29) is 6.04 Å². The van der Waals surface area contributed by atoms with Crippen LogP contribution in [0.5, 0.6) is 0 Å². The predicted molar refractivity (Wildman–Crippen MR) is 75.7 cm³/mol. The van der Waals surface area contributed by atoms with Crippen LogP contribution in [0.15, 0.2) is 24.5 Å². The van der Waals surface area contributed by atoms with Crippen molar-refractivity contribution in [1.29, 1.82) is 0 Å². The van der Waals surface area contributed by atoms with Gasteiger partial charge in [0.2, 0.25) is 0 Å². The first-order valence-corrected chi connectivity index (χ1v) is 7.02. The maximum Gasteiger partial charge on any atom is 0.0791 e. The third kappa shape index (κ3) is 3.44. The Morgan fingerprint density at radius 2 is 2.16 bits per heavy atom. The van der Waals surface area contributed by atoms with Gasteiger partial charge >= 0.3 is 0 Å². The van der Waals surface area contributed by atoms with Crippen molar-refractivity contribution in [2.75, 3.05) is 0 Å². The Kier molecular flexibility index (Phi) is 4.74. The molecule has 19 heavy (non-hydrogen) atoms. The molecular weight excluding hydrogens is 238 g/mol. The van der Waals surface area contributed by atoms with Gasteiger partial charge in [0, 0.05) is 38.1 Å². The van der Waals surface area contributed by atoms with Crippen molar-refractivity contribution in [3.8, 4) is 0 Å². The molecule has 0 aliphatic heterocycles. The Morgan fingerprint density at radius 1 is 1.32 bits per heavy atom. The minimum Gasteiger partial charge on any atom is -0.303 e. The smallest absolute Gasteiger partial charge is 0.0791 e. The fourth-order valence-corrected chi connectivity index (χ4v) is 2.07. The predicted octanol–water partition coefficient (Wildman–Crippen LogP) is 2.36. The van der Waals surface area contributed by atoms with Gasteiger partial charge in [-0.25, -0.2) is 0 Å². The molecule has 0 saturated carbocycles. The molecule has 2 aromatic heterocycles. The van der Waals surface area contributed by atoms with Crippen LogP contribution in [0.2, 0.25) is 0 Å². The van der Waals surface area contributed by atoms with Crippen LogP contribution >= 0.6 is 0 Å². The maximum atomic E-state index is 4.52. The summed E-state index contributed by atoms with van der Waals surface area (Å²) in [5.74, 6) is 0. The molecule has 0 fully saturated rings. The van der Waals surface area contributed by atoms with Gasteiger partial charge in [0.05, 0.1) is 11.4 Å². The number of aromatic nitrogens is 4. The third-order valence-corrected chi connectivity index (χ3v) is 3.26. The van der Waals surface area contributed by atoms with Crippen molar-refractivity contribution in [3.05, 3.63) is 35.9 Å². The van der Waals surface area contributed by atoms with Crippen LogP contribution in [0.1, 0.15) is 44.6 Å². The Morgan fingerprint density at radius 3 is 2.84 bits per heavy atom. The molecule has 0 amide bonds. The number of nitrogens with zero attached hydrogens (tertiary/aromatic N) is 4. The van der Waals surface area contributed by atoms with E-state index in [0.29, 0.717) is 0 Å². The lowest BCUT2D eigenvalue weighted by Crippen LogP contribution is -2.21. The van der Waals surface area contributed by atoms with Gasteiger partial charge in [-0.3, -0.25) is 9.36 Å². The van der Waals surface area contributed by atoms with Gasteiger partial charge in [-0.2, -0.15) is 10.2 Å². The van der Waals surface area contributed by atoms with E-state index in [1.165, 1.54) is 5.69 Å². The molecule has 0 aromatic carbocycles. The topological polar surface area (TPSA) is 47.7 Å². The summed E-state index contributed by atoms with van der Waals surface area (Å²) in [5, 5.41) is 12.4. The zero-order valence-corrected chi connectivity index (χ0v) is 12.0. The van der Waals surface area contributed by atoms with E-state index in [1.54, 1.807) is 0 Å². The van der Waals surface area contributed by atoms with E-state index in [2.05, 4.69) is 53.1 Å². The van der Waals surface area contributed by atoms with Crippen LogP contribution in [-0.2, 0) is 19.6 Å². The molecule has 2 rings (SSSR count). The highest BCUT2D eigenvalue weighted by atomic mass is 15.3. The molecule has 0 aliphatic carbocycles. The summed E-state index contributed by atoms with van der Waals surface area (Å²) in [7, 11) is 0. The number of nitrogens with one attached hydrogen (secondary N) is 1. The van der Waals surface area contributed by atoms with E-state index in [1.807, 2.05) is 17.1 Å². The molecule has 0 saturated heterocycles. The fourth-order valence-electron chi connectivity index (χ4n) is 2.07. The highest BCUT2D eigenvalue weighted by Crippen LogP contribution is 2.10. The number of rotatable bonds is 7. The fraction of sp³-hybridized carbons (Fsp3) is 0.571. The van der Waals surface area contributed by atoms with Gasteiger partial charge < -0.3 is 5.32 Å². The highest BCUT2D eigenvalue weighted by molar-refractivity contribution is 5.06. The second-order valence-electron chi connectivity index (χ2n) is 4.74. The lowest BCUT2D eigenvalue weighted by Gasteiger charge is -2.12. The Balaban J connectivity index is 1.92. The van der Waals surface area contributed by atoms with E-state index >= 15 is 0 Å². The first-order valence-electron chi connectivity index (χ1n) is 7.02. The molecule has 1 atom stereocenters. The molecule has 0 radical (unpaired) electrons. The summed E-state index contributed by atoms with van der Waals surface area (Å²) in [6, 6.07) is 4.39. The van der Waals surface area contributed by atoms with Gasteiger partial charge in [0.15, 0.2) is 0 Å². The normalized spacial score (nSPS) is 12.8. The van der Waals surface area contributed by atoms with Gasteiger partial charge in [0.1, 0.15) is 0 Å². The van der Waals surface area contributed by atoms with E-state index < -0.39 is 0 Å². The molecule has 5 nitrogen and oxygen atoms in total. The first kappa shape index (κ1) is 13.8. The van der Waals surface area contributed by atoms with Crippen molar-refractivity contribution in [1.82, 2.24) is 24.9 Å². The van der Waals surface area contributed by atoms with E-state index in [9.17, 15) is 0 Å². The number of hydrogen-bond acceptors (Lipinski definition) is 3. The lowest BCUT2D eigenvalue weighted by atomic mass is 10.2. The summed E-state index contributed by atoms with van der Waals surface area (Å²) in [6.07, 6.45) is 4.99. The molecule has 0 aliphatic rings. The van der Waals surface area contributed by atoms with Gasteiger partial charge in [-0.1, -0.05) is 6.92 Å². The van der Waals surface area contributed by atoms with Crippen LogP contribution in [0.3, 0.4) is 0 Å². The zero-order valence-electron chi connectivity index (χ0n) is 12.0. The van der Waals surface area contributed by atoms with Crippen molar-refractivity contribution < 1.29 is 0 Å². The maximum absolute atomic E-state index is 4.52. The van der Waals surface area contributed by atoms with Crippen LogP contribution < -0.4 is 5.32 Å². The Hall–Kier alpha value is -1.62. The average Bonchev–Trinajstić information content (AvgIpc) is 3.05. The second-order valence-corrected chi connectivity index (χ2v) is 4.74. The van der Waals surface area contributed by atoms with Crippen LogP contribution in [-0.4, -0.2) is 19.6 Å². The monoisotopic (exact) mass is 261 g/mol. The van der Waals surface area contributed by atoms with Crippen molar-refractivity contribution >= 4 is 0 Å². The molecular formula is C14H23N5. The third-order valence-electron chi connectivity index (χ3n) is 3.26. The van der Waals surface area contributed by atoms with Crippen LogP contribution in [0, 0.1) is 0 Å². The zero-order chi connectivity index (χ0) is 13.7. The van der Waals surface area contributed by atoms with Crippen LogP contribution in [0.25, 0.3) is 0 Å². The standard InChI is InChI=1S/C14H23N5/c1-4-9-19-13(6-8-16-19)11-15-12(3)14-7-10-18(5-2)17-14/h6-8,10,12,15H,4-5,9,11H2,1-3H3. The number of hydrogen-bond donors (Lipinski definition) is 1. The molecule has 2 aromatic rings. The molecule has 0 spiro atoms. The summed E-state index contributed by atoms with van der Waals surface area (Å²) in [6.45, 7) is 9.11. The molecule has 104 valence electrons. The SMILES string of the molecule is CCCn1nccc1CNC(C)c1ccn(CC)n1. The quantitative estimate of drug-likeness (QED) is 0.832. The van der Waals surface area contributed by atoms with Crippen molar-refractivity contribution in [3.63, 3.8) is 0 Å². The Labute approximate surface area is 114 Å². The summed E-state index contributed by atoms with van der Waals surface area (Å²) in [4.78, 5) is 0. The van der Waals surface area contributed by atoms with Crippen molar-refractivity contribution in [2.45, 2.75) is 52.9 Å². The Bertz CT molecular complexity index is 499.